The van der Waals surface area contributed by atoms with E-state index in [1.54, 1.807) is 0 Å². The molecule has 1 fully saturated rings. The van der Waals surface area contributed by atoms with Gasteiger partial charge < -0.3 is 9.47 Å². The zero-order valence-corrected chi connectivity index (χ0v) is 9.31. The third-order valence-electron chi connectivity index (χ3n) is 1.91. The van der Waals surface area contributed by atoms with Crippen molar-refractivity contribution < 1.29 is 9.47 Å². The molecule has 0 saturated carbocycles. The van der Waals surface area contributed by atoms with Crippen LogP contribution in [0.5, 0.6) is 0 Å². The molecule has 0 amide bonds. The Bertz CT molecular complexity index is 263. The van der Waals surface area contributed by atoms with Crippen molar-refractivity contribution in [3.05, 3.63) is 35.9 Å². The number of ether oxygens (including phenoxy) is 2. The minimum Gasteiger partial charge on any atom is -0.374 e. The maximum absolute atomic E-state index is 5.48. The van der Waals surface area contributed by atoms with E-state index < -0.39 is 0 Å². The number of benzene rings is 1. The van der Waals surface area contributed by atoms with Gasteiger partial charge in [0.15, 0.2) is 0 Å². The van der Waals surface area contributed by atoms with Crippen LogP contribution < -0.4 is 0 Å². The molecule has 1 aromatic carbocycles. The van der Waals surface area contributed by atoms with Gasteiger partial charge >= 0.3 is 0 Å². The summed E-state index contributed by atoms with van der Waals surface area (Å²) < 4.78 is 11.1. The number of alkyl halides is 1. The number of halogens is 1. The van der Waals surface area contributed by atoms with Crippen molar-refractivity contribution in [1.29, 1.82) is 0 Å². The molecule has 2 atom stereocenters. The van der Waals surface area contributed by atoms with Gasteiger partial charge in [-0.1, -0.05) is 30.3 Å². The van der Waals surface area contributed by atoms with Gasteiger partial charge in [0.05, 0.1) is 13.2 Å². The third kappa shape index (κ3) is 2.93. The zero-order valence-electron chi connectivity index (χ0n) is 7.15. The van der Waals surface area contributed by atoms with E-state index in [0.717, 1.165) is 0 Å². The molecule has 3 heteroatoms. The van der Waals surface area contributed by atoms with Crippen LogP contribution in [0.1, 0.15) is 5.56 Å². The zero-order chi connectivity index (χ0) is 9.10. The normalized spacial score (nSPS) is 25.9. The van der Waals surface area contributed by atoms with Gasteiger partial charge in [0.2, 0.25) is 0 Å². The average molecular weight is 290 g/mol. The average Bonchev–Trinajstić information content (AvgIpc) is 2.84. The van der Waals surface area contributed by atoms with Crippen LogP contribution in [0.15, 0.2) is 30.3 Å². The molecule has 1 aliphatic heterocycles. The smallest absolute Gasteiger partial charge is 0.137 e. The van der Waals surface area contributed by atoms with Crippen molar-refractivity contribution in [3.8, 4) is 0 Å². The maximum atomic E-state index is 5.48. The summed E-state index contributed by atoms with van der Waals surface area (Å²) in [6.07, 6.45) is 0.323. The molecular formula is C10H11IO2. The lowest BCUT2D eigenvalue weighted by Gasteiger charge is -2.01. The van der Waals surface area contributed by atoms with Crippen molar-refractivity contribution in [1.82, 2.24) is 0 Å². The summed E-state index contributed by atoms with van der Waals surface area (Å²) in [7, 11) is 0. The lowest BCUT2D eigenvalue weighted by Crippen LogP contribution is -2.02. The molecule has 0 bridgehead atoms. The molecule has 1 aliphatic rings. The van der Waals surface area contributed by atoms with Crippen molar-refractivity contribution in [2.24, 2.45) is 0 Å². The third-order valence-corrected chi connectivity index (χ3v) is 3.01. The van der Waals surface area contributed by atoms with Crippen LogP contribution in [0.25, 0.3) is 0 Å². The van der Waals surface area contributed by atoms with Crippen LogP contribution >= 0.6 is 22.6 Å². The van der Waals surface area contributed by atoms with Crippen LogP contribution in [0.3, 0.4) is 0 Å². The van der Waals surface area contributed by atoms with E-state index in [-0.39, 0.29) is 0 Å². The summed E-state index contributed by atoms with van der Waals surface area (Å²) in [5.41, 5.74) is 1.22. The first-order chi connectivity index (χ1) is 6.36. The molecule has 1 aromatic rings. The second kappa shape index (κ2) is 4.39. The van der Waals surface area contributed by atoms with Crippen molar-refractivity contribution >= 4 is 22.6 Å². The van der Waals surface area contributed by atoms with Gasteiger partial charge in [-0.15, -0.1) is 0 Å². The molecule has 0 aliphatic carbocycles. The Morgan fingerprint density at radius 1 is 1.31 bits per heavy atom. The Labute approximate surface area is 91.4 Å². The molecule has 2 rings (SSSR count). The molecule has 0 spiro atoms. The summed E-state index contributed by atoms with van der Waals surface area (Å²) >= 11 is 2.27. The van der Waals surface area contributed by atoms with Crippen LogP contribution in [0.2, 0.25) is 0 Å². The van der Waals surface area contributed by atoms with Crippen LogP contribution in [-0.2, 0) is 16.1 Å². The molecule has 13 heavy (non-hydrogen) atoms. The van der Waals surface area contributed by atoms with E-state index in [2.05, 4.69) is 34.7 Å². The lowest BCUT2D eigenvalue weighted by atomic mass is 10.2. The highest BCUT2D eigenvalue weighted by molar-refractivity contribution is 14.1. The van der Waals surface area contributed by atoms with Gasteiger partial charge in [-0.25, -0.2) is 0 Å². The van der Waals surface area contributed by atoms with Crippen LogP contribution in [0.4, 0.5) is 0 Å². The standard InChI is InChI=1S/C10H11IO2/c11-10-9(13-10)7-12-6-8-4-2-1-3-5-8/h1-5,9-10H,6-7H2/t9-,10-/m1/s1. The fourth-order valence-electron chi connectivity index (χ4n) is 1.10. The quantitative estimate of drug-likeness (QED) is 0.482. The van der Waals surface area contributed by atoms with Crippen LogP contribution in [-0.4, -0.2) is 16.8 Å². The summed E-state index contributed by atoms with van der Waals surface area (Å²) in [6, 6.07) is 10.2. The lowest BCUT2D eigenvalue weighted by molar-refractivity contribution is 0.104. The summed E-state index contributed by atoms with van der Waals surface area (Å²) in [5, 5.41) is 0. The van der Waals surface area contributed by atoms with Crippen molar-refractivity contribution in [2.45, 2.75) is 16.8 Å². The van der Waals surface area contributed by atoms with Gasteiger partial charge in [-0.3, -0.25) is 0 Å². The summed E-state index contributed by atoms with van der Waals surface area (Å²) in [6.45, 7) is 1.40. The Morgan fingerprint density at radius 3 is 2.62 bits per heavy atom. The van der Waals surface area contributed by atoms with Gasteiger partial charge in [0.1, 0.15) is 10.2 Å². The van der Waals surface area contributed by atoms with Crippen molar-refractivity contribution in [2.75, 3.05) is 6.61 Å². The largest absolute Gasteiger partial charge is 0.374 e. The van der Waals surface area contributed by atoms with E-state index in [4.69, 9.17) is 9.47 Å². The highest BCUT2D eigenvalue weighted by Crippen LogP contribution is 2.28. The molecule has 0 unspecified atom stereocenters. The first-order valence-corrected chi connectivity index (χ1v) is 5.52. The first kappa shape index (κ1) is 9.43. The van der Waals surface area contributed by atoms with Gasteiger partial charge in [0, 0.05) is 0 Å². The number of epoxide rings is 1. The number of hydrogen-bond donors (Lipinski definition) is 0. The van der Waals surface area contributed by atoms with E-state index in [1.807, 2.05) is 18.2 Å². The SMILES string of the molecule is I[C@@H]1O[C@@H]1COCc1ccccc1. The molecule has 0 aromatic heterocycles. The predicted molar refractivity (Wildman–Crippen MR) is 58.8 cm³/mol. The maximum Gasteiger partial charge on any atom is 0.137 e. The molecular weight excluding hydrogens is 279 g/mol. The van der Waals surface area contributed by atoms with Gasteiger partial charge in [-0.05, 0) is 28.2 Å². The summed E-state index contributed by atoms with van der Waals surface area (Å²) in [4.78, 5) is 0. The van der Waals surface area contributed by atoms with E-state index in [0.29, 0.717) is 23.4 Å². The van der Waals surface area contributed by atoms with E-state index in [1.165, 1.54) is 5.56 Å². The highest BCUT2D eigenvalue weighted by Gasteiger charge is 2.35. The Kier molecular flexibility index (Phi) is 3.18. The van der Waals surface area contributed by atoms with E-state index >= 15 is 0 Å². The number of hydrogen-bond acceptors (Lipinski definition) is 2. The predicted octanol–water partition coefficient (Wildman–Crippen LogP) is 2.36. The van der Waals surface area contributed by atoms with Crippen molar-refractivity contribution in [3.63, 3.8) is 0 Å². The summed E-state index contributed by atoms with van der Waals surface area (Å²) in [5.74, 6) is 0. The minimum atomic E-state index is 0.323. The van der Waals surface area contributed by atoms with E-state index in [9.17, 15) is 0 Å². The second-order valence-corrected chi connectivity index (χ2v) is 4.25. The molecule has 1 heterocycles. The fraction of sp³-hybridized carbons (Fsp3) is 0.400. The molecule has 0 radical (unpaired) electrons. The minimum absolute atomic E-state index is 0.323. The monoisotopic (exact) mass is 290 g/mol. The molecule has 70 valence electrons. The molecule has 1 saturated heterocycles. The second-order valence-electron chi connectivity index (χ2n) is 3.03. The number of rotatable bonds is 4. The topological polar surface area (TPSA) is 21.8 Å². The van der Waals surface area contributed by atoms with Gasteiger partial charge in [0.25, 0.3) is 0 Å². The Morgan fingerprint density at radius 2 is 2.00 bits per heavy atom. The fourth-order valence-corrected chi connectivity index (χ4v) is 1.69. The first-order valence-electron chi connectivity index (χ1n) is 4.27. The van der Waals surface area contributed by atoms with Crippen LogP contribution in [0, 0.1) is 0 Å². The van der Waals surface area contributed by atoms with Gasteiger partial charge in [-0.2, -0.15) is 0 Å². The molecule has 0 N–H and O–H groups in total. The Balaban J connectivity index is 1.68. The highest BCUT2D eigenvalue weighted by atomic mass is 127. The Hall–Kier alpha value is -0.130. The molecule has 2 nitrogen and oxygen atoms in total.